The van der Waals surface area contributed by atoms with Gasteiger partial charge in [0.15, 0.2) is 17.5 Å². The van der Waals surface area contributed by atoms with Crippen LogP contribution in [-0.2, 0) is 0 Å². The second-order valence-corrected chi connectivity index (χ2v) is 13.7. The molecule has 5 nitrogen and oxygen atoms in total. The predicted molar refractivity (Wildman–Crippen MR) is 221 cm³/mol. The maximum Gasteiger partial charge on any atom is 0.164 e. The minimum Gasteiger partial charge on any atom is -0.306 e. The van der Waals surface area contributed by atoms with Crippen molar-refractivity contribution in [3.8, 4) is 56.4 Å². The van der Waals surface area contributed by atoms with Crippen LogP contribution in [0.25, 0.3) is 67.2 Å². The van der Waals surface area contributed by atoms with E-state index < -0.39 is 0 Å². The summed E-state index contributed by atoms with van der Waals surface area (Å²) < 4.78 is 0. The van der Waals surface area contributed by atoms with Crippen LogP contribution in [0.1, 0.15) is 0 Å². The number of aromatic nitrogens is 3. The Kier molecular flexibility index (Phi) is 6.79. The first kappa shape index (κ1) is 30.3. The smallest absolute Gasteiger partial charge is 0.164 e. The second kappa shape index (κ2) is 12.1. The average molecular weight is 690 g/mol. The van der Waals surface area contributed by atoms with Gasteiger partial charge in [0.25, 0.3) is 0 Å². The summed E-state index contributed by atoms with van der Waals surface area (Å²) in [5, 5.41) is 2.38. The van der Waals surface area contributed by atoms with E-state index >= 15 is 0 Å². The molecule has 8 aromatic carbocycles. The van der Waals surface area contributed by atoms with Crippen LogP contribution in [0, 0.1) is 0 Å². The largest absolute Gasteiger partial charge is 0.306 e. The van der Waals surface area contributed by atoms with Crippen LogP contribution in [0.5, 0.6) is 0 Å². The molecule has 2 aliphatic heterocycles. The van der Waals surface area contributed by atoms with E-state index in [0.717, 1.165) is 56.4 Å². The van der Waals surface area contributed by atoms with Crippen LogP contribution in [0.15, 0.2) is 188 Å². The SMILES string of the molecule is c1ccc(-c2nc(-c3ccccc3)nc(-c3ccc4c(c3)N3c5ccccc5N(c5ccccc5)c5c3c(cc3ccccc53)-c3ccccc3-4)n2)cc1. The molecule has 9 aromatic rings. The van der Waals surface area contributed by atoms with Gasteiger partial charge in [0.1, 0.15) is 0 Å². The topological polar surface area (TPSA) is 45.2 Å². The maximum atomic E-state index is 5.13. The van der Waals surface area contributed by atoms with Gasteiger partial charge in [0.05, 0.1) is 28.4 Å². The van der Waals surface area contributed by atoms with Crippen molar-refractivity contribution in [2.75, 3.05) is 9.80 Å². The average Bonchev–Trinajstić information content (AvgIpc) is 3.37. The highest BCUT2D eigenvalue weighted by Gasteiger charge is 2.37. The normalized spacial score (nSPS) is 12.4. The Balaban J connectivity index is 1.23. The molecular formula is C49H31N5. The molecular weight excluding hydrogens is 659 g/mol. The minimum absolute atomic E-state index is 0.623. The van der Waals surface area contributed by atoms with Gasteiger partial charge in [-0.3, -0.25) is 0 Å². The van der Waals surface area contributed by atoms with E-state index in [9.17, 15) is 0 Å². The molecule has 5 heteroatoms. The summed E-state index contributed by atoms with van der Waals surface area (Å²) >= 11 is 0. The number of hydrogen-bond donors (Lipinski definition) is 0. The van der Waals surface area contributed by atoms with Gasteiger partial charge in [-0.1, -0.05) is 152 Å². The third-order valence-electron chi connectivity index (χ3n) is 10.5. The van der Waals surface area contributed by atoms with Crippen LogP contribution in [0.4, 0.5) is 34.1 Å². The molecule has 252 valence electrons. The number of fused-ring (bicyclic) bond motifs is 9. The van der Waals surface area contributed by atoms with Crippen LogP contribution < -0.4 is 9.80 Å². The molecule has 0 N–H and O–H groups in total. The van der Waals surface area contributed by atoms with Gasteiger partial charge in [0, 0.05) is 38.9 Å². The molecule has 54 heavy (non-hydrogen) atoms. The highest BCUT2D eigenvalue weighted by molar-refractivity contribution is 6.19. The zero-order valence-corrected chi connectivity index (χ0v) is 29.1. The van der Waals surface area contributed by atoms with E-state index in [1.807, 2.05) is 60.7 Å². The Labute approximate surface area is 313 Å². The molecule has 11 rings (SSSR count). The van der Waals surface area contributed by atoms with Crippen molar-refractivity contribution in [3.05, 3.63) is 188 Å². The van der Waals surface area contributed by atoms with Gasteiger partial charge in [-0.2, -0.15) is 0 Å². The molecule has 3 heterocycles. The second-order valence-electron chi connectivity index (χ2n) is 13.7. The summed E-state index contributed by atoms with van der Waals surface area (Å²) in [6.45, 7) is 0. The molecule has 0 amide bonds. The molecule has 0 atom stereocenters. The third kappa shape index (κ3) is 4.69. The lowest BCUT2D eigenvalue weighted by Gasteiger charge is -2.42. The van der Waals surface area contributed by atoms with Crippen molar-refractivity contribution in [1.82, 2.24) is 15.0 Å². The highest BCUT2D eigenvalue weighted by atomic mass is 15.3. The Morgan fingerprint density at radius 3 is 1.50 bits per heavy atom. The van der Waals surface area contributed by atoms with Crippen LogP contribution in [-0.4, -0.2) is 15.0 Å². The molecule has 0 radical (unpaired) electrons. The lowest BCUT2D eigenvalue weighted by Crippen LogP contribution is -2.24. The van der Waals surface area contributed by atoms with E-state index in [2.05, 4.69) is 137 Å². The van der Waals surface area contributed by atoms with Crippen LogP contribution in [0.3, 0.4) is 0 Å². The number of benzene rings is 8. The molecule has 0 bridgehead atoms. The Hall–Kier alpha value is -7.37. The van der Waals surface area contributed by atoms with E-state index in [0.29, 0.717) is 17.5 Å². The number of anilines is 6. The lowest BCUT2D eigenvalue weighted by molar-refractivity contribution is 1.07. The maximum absolute atomic E-state index is 5.13. The zero-order chi connectivity index (χ0) is 35.6. The Morgan fingerprint density at radius 1 is 0.315 bits per heavy atom. The van der Waals surface area contributed by atoms with Crippen LogP contribution >= 0.6 is 0 Å². The summed E-state index contributed by atoms with van der Waals surface area (Å²) in [6.07, 6.45) is 0. The molecule has 2 aliphatic rings. The summed E-state index contributed by atoms with van der Waals surface area (Å²) in [7, 11) is 0. The summed E-state index contributed by atoms with van der Waals surface area (Å²) in [5.74, 6) is 1.90. The quantitative estimate of drug-likeness (QED) is 0.184. The first-order valence-corrected chi connectivity index (χ1v) is 18.2. The number of para-hydroxylation sites is 3. The van der Waals surface area contributed by atoms with Crippen molar-refractivity contribution >= 4 is 44.9 Å². The van der Waals surface area contributed by atoms with Gasteiger partial charge < -0.3 is 9.80 Å². The monoisotopic (exact) mass is 689 g/mol. The Bertz CT molecular complexity index is 2830. The van der Waals surface area contributed by atoms with Crippen LogP contribution in [0.2, 0.25) is 0 Å². The van der Waals surface area contributed by atoms with Crippen molar-refractivity contribution in [2.45, 2.75) is 0 Å². The Morgan fingerprint density at radius 2 is 0.833 bits per heavy atom. The number of hydrogen-bond acceptors (Lipinski definition) is 5. The van der Waals surface area contributed by atoms with Crippen molar-refractivity contribution in [2.24, 2.45) is 0 Å². The molecule has 1 aromatic heterocycles. The number of nitrogens with zero attached hydrogens (tertiary/aromatic N) is 5. The van der Waals surface area contributed by atoms with E-state index in [1.165, 1.54) is 27.5 Å². The molecule has 0 fully saturated rings. The summed E-state index contributed by atoms with van der Waals surface area (Å²) in [4.78, 5) is 20.1. The van der Waals surface area contributed by atoms with Gasteiger partial charge in [0.2, 0.25) is 0 Å². The van der Waals surface area contributed by atoms with Gasteiger partial charge in [-0.25, -0.2) is 15.0 Å². The third-order valence-corrected chi connectivity index (χ3v) is 10.5. The van der Waals surface area contributed by atoms with Gasteiger partial charge >= 0.3 is 0 Å². The fraction of sp³-hybridized carbons (Fsp3) is 0. The first-order valence-electron chi connectivity index (χ1n) is 18.2. The van der Waals surface area contributed by atoms with E-state index in [4.69, 9.17) is 15.0 Å². The zero-order valence-electron chi connectivity index (χ0n) is 29.1. The predicted octanol–water partition coefficient (Wildman–Crippen LogP) is 12.9. The minimum atomic E-state index is 0.623. The fourth-order valence-corrected chi connectivity index (χ4v) is 8.13. The number of rotatable bonds is 4. The molecule has 0 spiro atoms. The standard InChI is InChI=1S/C49H31N5/c1-4-16-32(17-5-1)47-50-48(33-18-6-2-7-19-33)52-49(51-47)35-28-29-40-38-24-12-13-25-39(38)41-30-34-20-10-11-23-37(34)45-46(41)54(44(40)31-35)43-27-15-14-26-42(43)53(45)36-21-8-3-9-22-36/h1-31H. The molecule has 0 saturated carbocycles. The summed E-state index contributed by atoms with van der Waals surface area (Å²) in [5.41, 5.74) is 14.2. The lowest BCUT2D eigenvalue weighted by atomic mass is 9.91. The van der Waals surface area contributed by atoms with Crippen molar-refractivity contribution in [1.29, 1.82) is 0 Å². The van der Waals surface area contributed by atoms with Crippen molar-refractivity contribution < 1.29 is 0 Å². The van der Waals surface area contributed by atoms with Gasteiger partial charge in [-0.15, -0.1) is 0 Å². The van der Waals surface area contributed by atoms with Crippen molar-refractivity contribution in [3.63, 3.8) is 0 Å². The fourth-order valence-electron chi connectivity index (χ4n) is 8.13. The molecule has 0 aliphatic carbocycles. The highest BCUT2D eigenvalue weighted by Crippen LogP contribution is 2.62. The molecule has 0 saturated heterocycles. The molecule has 0 unspecified atom stereocenters. The van der Waals surface area contributed by atoms with Gasteiger partial charge in [-0.05, 0) is 52.9 Å². The first-order chi connectivity index (χ1) is 26.8. The van der Waals surface area contributed by atoms with E-state index in [1.54, 1.807) is 0 Å². The summed E-state index contributed by atoms with van der Waals surface area (Å²) in [6, 6.07) is 66.4. The van der Waals surface area contributed by atoms with E-state index in [-0.39, 0.29) is 0 Å².